The second-order valence-electron chi connectivity index (χ2n) is 3.49. The minimum atomic E-state index is -0.0116. The zero-order valence-electron chi connectivity index (χ0n) is 8.28. The van der Waals surface area contributed by atoms with E-state index >= 15 is 0 Å². The molecule has 0 radical (unpaired) electrons. The molecule has 1 heterocycles. The van der Waals surface area contributed by atoms with E-state index in [1.807, 2.05) is 18.2 Å². The summed E-state index contributed by atoms with van der Waals surface area (Å²) in [6, 6.07) is 5.65. The van der Waals surface area contributed by atoms with E-state index < -0.39 is 0 Å². The van der Waals surface area contributed by atoms with Gasteiger partial charge in [-0.1, -0.05) is 12.1 Å². The van der Waals surface area contributed by atoms with Crippen LogP contribution < -0.4 is 4.74 Å². The third-order valence-electron chi connectivity index (χ3n) is 2.39. The Kier molecular flexibility index (Phi) is 3.61. The van der Waals surface area contributed by atoms with Crippen molar-refractivity contribution >= 4 is 15.9 Å². The minimum Gasteiger partial charge on any atom is -0.486 e. The lowest BCUT2D eigenvalue weighted by atomic mass is 10.2. The van der Waals surface area contributed by atoms with Crippen molar-refractivity contribution in [2.24, 2.45) is 0 Å². The zero-order chi connectivity index (χ0) is 10.7. The van der Waals surface area contributed by atoms with Crippen LogP contribution in [0.2, 0.25) is 0 Å². The Morgan fingerprint density at radius 2 is 2.40 bits per heavy atom. The van der Waals surface area contributed by atoms with Gasteiger partial charge in [-0.3, -0.25) is 0 Å². The van der Waals surface area contributed by atoms with Gasteiger partial charge in [-0.15, -0.1) is 0 Å². The molecule has 1 aliphatic rings. The van der Waals surface area contributed by atoms with Crippen LogP contribution in [0.3, 0.4) is 0 Å². The van der Waals surface area contributed by atoms with Crippen molar-refractivity contribution in [2.75, 3.05) is 13.2 Å². The van der Waals surface area contributed by atoms with Crippen LogP contribution in [0.4, 0.5) is 0 Å². The quantitative estimate of drug-likeness (QED) is 0.916. The van der Waals surface area contributed by atoms with Gasteiger partial charge >= 0.3 is 0 Å². The van der Waals surface area contributed by atoms with Gasteiger partial charge in [-0.2, -0.15) is 0 Å². The Bertz CT molecular complexity index is 335. The third kappa shape index (κ3) is 2.51. The summed E-state index contributed by atoms with van der Waals surface area (Å²) < 4.78 is 11.9. The molecule has 0 bridgehead atoms. The van der Waals surface area contributed by atoms with Crippen molar-refractivity contribution in [3.05, 3.63) is 28.2 Å². The lowest BCUT2D eigenvalue weighted by molar-refractivity contribution is 0.138. The van der Waals surface area contributed by atoms with Crippen LogP contribution >= 0.6 is 15.9 Å². The van der Waals surface area contributed by atoms with E-state index in [2.05, 4.69) is 15.9 Å². The molecule has 0 saturated carbocycles. The maximum Gasteiger partial charge on any atom is 0.139 e. The van der Waals surface area contributed by atoms with Gasteiger partial charge in [0.15, 0.2) is 0 Å². The number of benzene rings is 1. The highest BCUT2D eigenvalue weighted by Crippen LogP contribution is 2.31. The van der Waals surface area contributed by atoms with Crippen LogP contribution in [0, 0.1) is 0 Å². The van der Waals surface area contributed by atoms with E-state index in [-0.39, 0.29) is 12.7 Å². The molecular weight excluding hydrogens is 260 g/mol. The van der Waals surface area contributed by atoms with Crippen LogP contribution in [0.25, 0.3) is 0 Å². The first-order valence-electron chi connectivity index (χ1n) is 4.94. The molecule has 15 heavy (non-hydrogen) atoms. The highest BCUT2D eigenvalue weighted by atomic mass is 79.9. The highest BCUT2D eigenvalue weighted by molar-refractivity contribution is 9.10. The lowest BCUT2D eigenvalue weighted by Gasteiger charge is -2.16. The van der Waals surface area contributed by atoms with Gasteiger partial charge in [-0.05, 0) is 22.0 Å². The first-order chi connectivity index (χ1) is 7.31. The molecule has 1 atom stereocenters. The summed E-state index contributed by atoms with van der Waals surface area (Å²) >= 11 is 3.42. The van der Waals surface area contributed by atoms with Gasteiger partial charge in [0.1, 0.15) is 11.9 Å². The van der Waals surface area contributed by atoms with E-state index in [9.17, 15) is 5.11 Å². The molecule has 4 heteroatoms. The highest BCUT2D eigenvalue weighted by Gasteiger charge is 2.19. The maximum absolute atomic E-state index is 9.18. The number of para-hydroxylation sites is 1. The molecule has 0 aromatic heterocycles. The Morgan fingerprint density at radius 1 is 1.53 bits per heavy atom. The molecule has 1 aromatic carbocycles. The predicted octanol–water partition coefficient (Wildman–Crippen LogP) is 2.11. The van der Waals surface area contributed by atoms with Crippen molar-refractivity contribution in [1.82, 2.24) is 0 Å². The topological polar surface area (TPSA) is 38.7 Å². The SMILES string of the molecule is OCc1cccc(Br)c1OC1CCOC1. The monoisotopic (exact) mass is 272 g/mol. The van der Waals surface area contributed by atoms with Gasteiger partial charge in [0.25, 0.3) is 0 Å². The fourth-order valence-electron chi connectivity index (χ4n) is 1.58. The van der Waals surface area contributed by atoms with Crippen molar-refractivity contribution in [1.29, 1.82) is 0 Å². The van der Waals surface area contributed by atoms with Crippen molar-refractivity contribution in [3.8, 4) is 5.75 Å². The molecule has 82 valence electrons. The van der Waals surface area contributed by atoms with Gasteiger partial charge in [0.05, 0.1) is 24.3 Å². The van der Waals surface area contributed by atoms with E-state index in [4.69, 9.17) is 9.47 Å². The number of hydrogen-bond donors (Lipinski definition) is 1. The van der Waals surface area contributed by atoms with E-state index in [1.165, 1.54) is 0 Å². The minimum absolute atomic E-state index is 0.0116. The second kappa shape index (κ2) is 4.96. The molecule has 1 fully saturated rings. The number of halogens is 1. The number of aliphatic hydroxyl groups excluding tert-OH is 1. The molecule has 0 aliphatic carbocycles. The van der Waals surface area contributed by atoms with Crippen LogP contribution in [-0.4, -0.2) is 24.4 Å². The summed E-state index contributed by atoms with van der Waals surface area (Å²) in [4.78, 5) is 0. The van der Waals surface area contributed by atoms with Gasteiger partial charge in [0.2, 0.25) is 0 Å². The molecule has 1 unspecified atom stereocenters. The number of hydrogen-bond acceptors (Lipinski definition) is 3. The van der Waals surface area contributed by atoms with E-state index in [0.717, 1.165) is 28.8 Å². The predicted molar refractivity (Wildman–Crippen MR) is 59.9 cm³/mol. The maximum atomic E-state index is 9.18. The molecular formula is C11H13BrO3. The Hall–Kier alpha value is -0.580. The molecule has 0 amide bonds. The van der Waals surface area contributed by atoms with Crippen molar-refractivity contribution in [3.63, 3.8) is 0 Å². The van der Waals surface area contributed by atoms with Crippen LogP contribution in [-0.2, 0) is 11.3 Å². The summed E-state index contributed by atoms with van der Waals surface area (Å²) in [5, 5.41) is 9.18. The van der Waals surface area contributed by atoms with Crippen molar-refractivity contribution in [2.45, 2.75) is 19.1 Å². The van der Waals surface area contributed by atoms with Crippen LogP contribution in [0.15, 0.2) is 22.7 Å². The zero-order valence-corrected chi connectivity index (χ0v) is 9.87. The average Bonchev–Trinajstić information content (AvgIpc) is 2.74. The van der Waals surface area contributed by atoms with Crippen LogP contribution in [0.1, 0.15) is 12.0 Å². The average molecular weight is 273 g/mol. The Morgan fingerprint density at radius 3 is 3.07 bits per heavy atom. The molecule has 1 saturated heterocycles. The Labute approximate surface area is 97.1 Å². The fraction of sp³-hybridized carbons (Fsp3) is 0.455. The molecule has 1 aliphatic heterocycles. The summed E-state index contributed by atoms with van der Waals surface area (Å²) in [6.07, 6.45) is 1.01. The first kappa shape index (κ1) is 10.9. The molecule has 2 rings (SSSR count). The lowest BCUT2D eigenvalue weighted by Crippen LogP contribution is -2.17. The van der Waals surface area contributed by atoms with Gasteiger partial charge < -0.3 is 14.6 Å². The standard InChI is InChI=1S/C11H13BrO3/c12-10-3-1-2-8(6-13)11(10)15-9-4-5-14-7-9/h1-3,9,13H,4-7H2. The summed E-state index contributed by atoms with van der Waals surface area (Å²) in [7, 11) is 0. The Balaban J connectivity index is 2.17. The summed E-state index contributed by atoms with van der Waals surface area (Å²) in [6.45, 7) is 1.37. The van der Waals surface area contributed by atoms with Crippen LogP contribution in [0.5, 0.6) is 5.75 Å². The molecule has 3 nitrogen and oxygen atoms in total. The second-order valence-corrected chi connectivity index (χ2v) is 4.34. The van der Waals surface area contributed by atoms with E-state index in [0.29, 0.717) is 6.61 Å². The summed E-state index contributed by atoms with van der Waals surface area (Å²) in [5.41, 5.74) is 0.802. The van der Waals surface area contributed by atoms with Gasteiger partial charge in [-0.25, -0.2) is 0 Å². The molecule has 1 aromatic rings. The first-order valence-corrected chi connectivity index (χ1v) is 5.73. The number of ether oxygens (including phenoxy) is 2. The van der Waals surface area contributed by atoms with E-state index in [1.54, 1.807) is 0 Å². The number of rotatable bonds is 3. The van der Waals surface area contributed by atoms with Crippen molar-refractivity contribution < 1.29 is 14.6 Å². The third-order valence-corrected chi connectivity index (χ3v) is 3.02. The largest absolute Gasteiger partial charge is 0.486 e. The smallest absolute Gasteiger partial charge is 0.139 e. The fourth-order valence-corrected chi connectivity index (χ4v) is 2.08. The molecule has 0 spiro atoms. The number of aliphatic hydroxyl groups is 1. The normalized spacial score (nSPS) is 20.5. The molecule has 1 N–H and O–H groups in total. The summed E-state index contributed by atoms with van der Waals surface area (Å²) in [5.74, 6) is 0.732. The van der Waals surface area contributed by atoms with Gasteiger partial charge in [0, 0.05) is 12.0 Å².